The number of carboxylic acids is 1. The first kappa shape index (κ1) is 23.5. The Balaban J connectivity index is 1.52. The van der Waals surface area contributed by atoms with Crippen LogP contribution in [0.2, 0.25) is 5.02 Å². The van der Waals surface area contributed by atoms with Gasteiger partial charge in [0.2, 0.25) is 0 Å². The van der Waals surface area contributed by atoms with Crippen LogP contribution in [0.1, 0.15) is 78.2 Å². The summed E-state index contributed by atoms with van der Waals surface area (Å²) < 4.78 is 2.22. The van der Waals surface area contributed by atoms with E-state index in [1.54, 1.807) is 12.1 Å². The molecule has 0 spiro atoms. The lowest BCUT2D eigenvalue weighted by Gasteiger charge is -2.32. The number of aromatic nitrogens is 2. The van der Waals surface area contributed by atoms with Crippen molar-refractivity contribution in [3.05, 3.63) is 76.1 Å². The molecular weight excluding hydrogens is 464 g/mol. The second kappa shape index (κ2) is 10.6. The predicted molar refractivity (Wildman–Crippen MR) is 139 cm³/mol. The van der Waals surface area contributed by atoms with E-state index in [1.165, 1.54) is 61.9 Å². The van der Waals surface area contributed by atoms with Crippen LogP contribution in [0.5, 0.6) is 0 Å². The Labute approximate surface area is 210 Å². The molecule has 1 unspecified atom stereocenters. The maximum atomic E-state index is 11.2. The smallest absolute Gasteiger partial charge is 0.335 e. The Morgan fingerprint density at radius 1 is 1.00 bits per heavy atom. The third-order valence-corrected chi connectivity index (χ3v) is 8.75. The summed E-state index contributed by atoms with van der Waals surface area (Å²) in [6, 6.07) is 15.4. The molecule has 6 heteroatoms. The van der Waals surface area contributed by atoms with Crippen molar-refractivity contribution >= 4 is 29.3 Å². The second-order valence-electron chi connectivity index (χ2n) is 9.55. The van der Waals surface area contributed by atoms with Crippen molar-refractivity contribution in [2.45, 2.75) is 68.6 Å². The van der Waals surface area contributed by atoms with E-state index in [1.807, 2.05) is 36.0 Å². The zero-order chi connectivity index (χ0) is 23.5. The summed E-state index contributed by atoms with van der Waals surface area (Å²) in [5, 5.41) is 15.1. The molecule has 1 fully saturated rings. The highest BCUT2D eigenvalue weighted by Gasteiger charge is 2.33. The van der Waals surface area contributed by atoms with Gasteiger partial charge in [0.1, 0.15) is 0 Å². The van der Waals surface area contributed by atoms with Gasteiger partial charge in [0.05, 0.1) is 22.6 Å². The number of nitrogens with zero attached hydrogens (tertiary/aromatic N) is 2. The molecule has 0 aliphatic heterocycles. The maximum Gasteiger partial charge on any atom is 0.335 e. The molecule has 0 saturated heterocycles. The van der Waals surface area contributed by atoms with Gasteiger partial charge >= 0.3 is 5.97 Å². The Morgan fingerprint density at radius 2 is 1.71 bits per heavy atom. The minimum absolute atomic E-state index is 0.336. The van der Waals surface area contributed by atoms with Gasteiger partial charge in [0.15, 0.2) is 0 Å². The van der Waals surface area contributed by atoms with E-state index in [-0.39, 0.29) is 0 Å². The molecule has 178 valence electrons. The van der Waals surface area contributed by atoms with E-state index in [0.29, 0.717) is 17.4 Å². The fourth-order valence-corrected chi connectivity index (χ4v) is 6.85. The van der Waals surface area contributed by atoms with Gasteiger partial charge in [0.25, 0.3) is 0 Å². The number of benzene rings is 2. The first-order valence-electron chi connectivity index (χ1n) is 12.4. The lowest BCUT2D eigenvalue weighted by atomic mass is 9.77. The minimum atomic E-state index is -0.880. The van der Waals surface area contributed by atoms with Gasteiger partial charge in [-0.25, -0.2) is 9.48 Å². The summed E-state index contributed by atoms with van der Waals surface area (Å²) in [6.07, 6.45) is 11.1. The molecule has 0 bridgehead atoms. The molecule has 5 rings (SSSR count). The molecule has 0 amide bonds. The zero-order valence-electron chi connectivity index (χ0n) is 19.4. The van der Waals surface area contributed by atoms with Crippen molar-refractivity contribution in [3.8, 4) is 5.69 Å². The van der Waals surface area contributed by atoms with Crippen LogP contribution in [-0.4, -0.2) is 26.6 Å². The minimum Gasteiger partial charge on any atom is -0.478 e. The second-order valence-corrected chi connectivity index (χ2v) is 11.1. The van der Waals surface area contributed by atoms with Crippen molar-refractivity contribution in [2.24, 2.45) is 5.92 Å². The van der Waals surface area contributed by atoms with Crippen molar-refractivity contribution in [3.63, 3.8) is 0 Å². The first-order chi connectivity index (χ1) is 16.6. The topological polar surface area (TPSA) is 55.1 Å². The SMILES string of the molecule is O=C(O)c1ccc(SCC(c2c3c(nn2-c2ccc(Cl)cc2)CCCC3)C2CCCCC2)cc1. The average molecular weight is 495 g/mol. The molecule has 2 aromatic carbocycles. The zero-order valence-corrected chi connectivity index (χ0v) is 21.0. The summed E-state index contributed by atoms with van der Waals surface area (Å²) in [5.74, 6) is 1.15. The number of fused-ring (bicyclic) bond motifs is 1. The van der Waals surface area contributed by atoms with Crippen LogP contribution in [0.15, 0.2) is 53.4 Å². The summed E-state index contributed by atoms with van der Waals surface area (Å²) in [6.45, 7) is 0. The highest BCUT2D eigenvalue weighted by molar-refractivity contribution is 7.99. The summed E-state index contributed by atoms with van der Waals surface area (Å²) >= 11 is 8.05. The van der Waals surface area contributed by atoms with Crippen LogP contribution in [0.25, 0.3) is 5.69 Å². The van der Waals surface area contributed by atoms with Gasteiger partial charge in [-0.2, -0.15) is 5.10 Å². The summed E-state index contributed by atoms with van der Waals surface area (Å²) in [5.41, 5.74) is 5.57. The molecule has 1 atom stereocenters. The molecule has 1 saturated carbocycles. The van der Waals surface area contributed by atoms with Gasteiger partial charge in [-0.1, -0.05) is 30.9 Å². The lowest BCUT2D eigenvalue weighted by molar-refractivity contribution is 0.0697. The number of thioether (sulfide) groups is 1. The molecule has 3 aromatic rings. The van der Waals surface area contributed by atoms with Crippen molar-refractivity contribution in [1.82, 2.24) is 9.78 Å². The number of aryl methyl sites for hydroxylation is 1. The Morgan fingerprint density at radius 3 is 2.41 bits per heavy atom. The molecule has 1 heterocycles. The van der Waals surface area contributed by atoms with Crippen LogP contribution in [0.4, 0.5) is 0 Å². The van der Waals surface area contributed by atoms with Crippen LogP contribution in [0.3, 0.4) is 0 Å². The van der Waals surface area contributed by atoms with Crippen LogP contribution in [0, 0.1) is 5.92 Å². The molecule has 4 nitrogen and oxygen atoms in total. The third kappa shape index (κ3) is 5.06. The van der Waals surface area contributed by atoms with Gasteiger partial charge < -0.3 is 5.11 Å². The van der Waals surface area contributed by atoms with E-state index in [4.69, 9.17) is 16.7 Å². The number of aromatic carboxylic acids is 1. The van der Waals surface area contributed by atoms with Gasteiger partial charge in [-0.3, -0.25) is 0 Å². The van der Waals surface area contributed by atoms with E-state index < -0.39 is 5.97 Å². The fourth-order valence-electron chi connectivity index (χ4n) is 5.59. The maximum absolute atomic E-state index is 11.2. The molecular formula is C28H31ClN2O2S. The van der Waals surface area contributed by atoms with Crippen LogP contribution < -0.4 is 0 Å². The standard InChI is InChI=1S/C28H31ClN2O2S/c29-21-12-14-22(15-13-21)31-27(24-8-4-5-9-26(24)30-31)25(19-6-2-1-3-7-19)18-34-23-16-10-20(11-17-23)28(32)33/h10-17,19,25H,1-9,18H2,(H,32,33). The molecule has 1 N–H and O–H groups in total. The van der Waals surface area contributed by atoms with Crippen molar-refractivity contribution < 1.29 is 9.90 Å². The monoisotopic (exact) mass is 494 g/mol. The van der Waals surface area contributed by atoms with Crippen LogP contribution >= 0.6 is 23.4 Å². The number of rotatable bonds is 7. The number of halogens is 1. The normalized spacial score (nSPS) is 17.3. The van der Waals surface area contributed by atoms with Gasteiger partial charge in [-0.05, 0) is 98.5 Å². The summed E-state index contributed by atoms with van der Waals surface area (Å²) in [4.78, 5) is 12.4. The Kier molecular flexibility index (Phi) is 7.31. The van der Waals surface area contributed by atoms with Crippen molar-refractivity contribution in [2.75, 3.05) is 5.75 Å². The average Bonchev–Trinajstić information content (AvgIpc) is 3.25. The largest absolute Gasteiger partial charge is 0.478 e. The van der Waals surface area contributed by atoms with Gasteiger partial charge in [0, 0.05) is 21.6 Å². The molecule has 34 heavy (non-hydrogen) atoms. The quantitative estimate of drug-likeness (QED) is 0.344. The Bertz CT molecular complexity index is 1130. The lowest BCUT2D eigenvalue weighted by Crippen LogP contribution is -2.22. The number of hydrogen-bond donors (Lipinski definition) is 1. The molecule has 2 aliphatic rings. The molecule has 0 radical (unpaired) electrons. The highest BCUT2D eigenvalue weighted by atomic mass is 35.5. The van der Waals surface area contributed by atoms with Crippen LogP contribution in [-0.2, 0) is 12.8 Å². The highest BCUT2D eigenvalue weighted by Crippen LogP contribution is 2.43. The van der Waals surface area contributed by atoms with Crippen molar-refractivity contribution in [1.29, 1.82) is 0 Å². The van der Waals surface area contributed by atoms with E-state index in [2.05, 4.69) is 16.8 Å². The predicted octanol–water partition coefficient (Wildman–Crippen LogP) is 7.56. The van der Waals surface area contributed by atoms with E-state index >= 15 is 0 Å². The third-order valence-electron chi connectivity index (χ3n) is 7.37. The molecule has 1 aromatic heterocycles. The first-order valence-corrected chi connectivity index (χ1v) is 13.8. The van der Waals surface area contributed by atoms with E-state index in [9.17, 15) is 9.90 Å². The number of carbonyl (C=O) groups is 1. The fraction of sp³-hybridized carbons (Fsp3) is 0.429. The van der Waals surface area contributed by atoms with Gasteiger partial charge in [-0.15, -0.1) is 11.8 Å². The Hall–Kier alpha value is -2.24. The molecule has 2 aliphatic carbocycles. The number of hydrogen-bond acceptors (Lipinski definition) is 3. The van der Waals surface area contributed by atoms with E-state index in [0.717, 1.165) is 34.2 Å². The summed E-state index contributed by atoms with van der Waals surface area (Å²) in [7, 11) is 0. The number of carboxylic acid groups (broad SMARTS) is 1.